The van der Waals surface area contributed by atoms with Crippen LogP contribution in [0.25, 0.3) is 0 Å². The number of rotatable bonds is 1. The molecule has 1 fully saturated rings. The molecule has 1 aromatic rings. The Labute approximate surface area is 113 Å². The molecule has 0 bridgehead atoms. The van der Waals surface area contributed by atoms with Crippen LogP contribution in [-0.4, -0.2) is 38.0 Å². The molecule has 1 atom stereocenters. The number of Topliss-reactive ketones (excluding diaryl/α,β-unsaturated/α-hetero) is 1. The van der Waals surface area contributed by atoms with Crippen LogP contribution >= 0.6 is 0 Å². The van der Waals surface area contributed by atoms with Crippen LogP contribution in [0.2, 0.25) is 0 Å². The second kappa shape index (κ2) is 4.83. The lowest BCUT2D eigenvalue weighted by atomic mass is 9.92. The van der Waals surface area contributed by atoms with E-state index >= 15 is 0 Å². The minimum Gasteiger partial charge on any atom is -0.305 e. The lowest BCUT2D eigenvalue weighted by molar-refractivity contribution is -0.148. The Morgan fingerprint density at radius 1 is 1.15 bits per heavy atom. The molecule has 0 N–H and O–H groups in total. The van der Waals surface area contributed by atoms with Crippen molar-refractivity contribution < 1.29 is 18.0 Å². The first-order valence-electron chi connectivity index (χ1n) is 6.73. The Morgan fingerprint density at radius 3 is 2.65 bits per heavy atom. The summed E-state index contributed by atoms with van der Waals surface area (Å²) in [7, 11) is 0. The number of nitrogens with zero attached hydrogens (tertiary/aromatic N) is 4. The van der Waals surface area contributed by atoms with Crippen molar-refractivity contribution in [2.45, 2.75) is 51.0 Å². The summed E-state index contributed by atoms with van der Waals surface area (Å²) in [6.07, 6.45) is -1.21. The molecule has 0 spiro atoms. The Balaban J connectivity index is 1.79. The van der Waals surface area contributed by atoms with E-state index in [0.717, 1.165) is 23.8 Å². The highest BCUT2D eigenvalue weighted by Crippen LogP contribution is 2.30. The van der Waals surface area contributed by atoms with Gasteiger partial charge in [-0.25, -0.2) is 0 Å². The molecule has 0 amide bonds. The monoisotopic (exact) mass is 288 g/mol. The number of hydrogen-bond acceptors (Lipinski definition) is 4. The molecule has 0 saturated heterocycles. The number of halogens is 3. The molecule has 3 rings (SSSR count). The number of ketones is 1. The minimum atomic E-state index is -4.48. The quantitative estimate of drug-likeness (QED) is 0.788. The smallest absolute Gasteiger partial charge is 0.305 e. The van der Waals surface area contributed by atoms with Gasteiger partial charge in [-0.3, -0.25) is 9.69 Å². The highest BCUT2D eigenvalue weighted by molar-refractivity contribution is 5.84. The van der Waals surface area contributed by atoms with Gasteiger partial charge in [0.2, 0.25) is 5.82 Å². The summed E-state index contributed by atoms with van der Waals surface area (Å²) in [5.41, 5.74) is 0. The molecular formula is C12H15F3N4O. The van der Waals surface area contributed by atoms with Gasteiger partial charge in [0, 0.05) is 19.5 Å². The van der Waals surface area contributed by atoms with E-state index in [1.807, 2.05) is 4.90 Å². The molecule has 20 heavy (non-hydrogen) atoms. The number of fused-ring (bicyclic) bond motifs is 1. The maximum absolute atomic E-state index is 12.7. The fraction of sp³-hybridized carbons (Fsp3) is 0.750. The molecule has 2 heterocycles. The van der Waals surface area contributed by atoms with Crippen LogP contribution in [0, 0.1) is 0 Å². The second-order valence-corrected chi connectivity index (χ2v) is 5.29. The molecular weight excluding hydrogens is 273 g/mol. The van der Waals surface area contributed by atoms with Gasteiger partial charge < -0.3 is 4.57 Å². The summed E-state index contributed by atoms with van der Waals surface area (Å²) in [5.74, 6) is -0.454. The van der Waals surface area contributed by atoms with Gasteiger partial charge in [-0.15, -0.1) is 10.2 Å². The summed E-state index contributed by atoms with van der Waals surface area (Å²) in [4.78, 5) is 13.8. The third kappa shape index (κ3) is 2.32. The van der Waals surface area contributed by atoms with Crippen molar-refractivity contribution in [3.8, 4) is 0 Å². The molecule has 1 aromatic heterocycles. The van der Waals surface area contributed by atoms with Gasteiger partial charge in [-0.2, -0.15) is 13.2 Å². The Hall–Kier alpha value is -1.44. The maximum Gasteiger partial charge on any atom is 0.451 e. The first-order valence-corrected chi connectivity index (χ1v) is 6.73. The Morgan fingerprint density at radius 2 is 1.95 bits per heavy atom. The van der Waals surface area contributed by atoms with E-state index < -0.39 is 12.0 Å². The van der Waals surface area contributed by atoms with E-state index in [1.165, 1.54) is 0 Å². The van der Waals surface area contributed by atoms with E-state index in [4.69, 9.17) is 0 Å². The van der Waals surface area contributed by atoms with Crippen LogP contribution in [0.4, 0.5) is 13.2 Å². The number of carbonyl (C=O) groups excluding carboxylic acids is 1. The van der Waals surface area contributed by atoms with Gasteiger partial charge >= 0.3 is 6.18 Å². The van der Waals surface area contributed by atoms with Gasteiger partial charge in [0.05, 0.1) is 12.6 Å². The average Bonchev–Trinajstić information content (AvgIpc) is 2.82. The SMILES string of the molecule is O=C1CCCCC1N1CCn2c(nnc2C(F)(F)F)C1. The topological polar surface area (TPSA) is 51.0 Å². The third-order valence-electron chi connectivity index (χ3n) is 4.00. The van der Waals surface area contributed by atoms with E-state index in [0.29, 0.717) is 18.8 Å². The molecule has 0 radical (unpaired) electrons. The Kier molecular flexibility index (Phi) is 3.27. The molecule has 110 valence electrons. The van der Waals surface area contributed by atoms with Crippen LogP contribution in [0.5, 0.6) is 0 Å². The zero-order chi connectivity index (χ0) is 14.3. The highest BCUT2D eigenvalue weighted by atomic mass is 19.4. The van der Waals surface area contributed by atoms with Crippen LogP contribution < -0.4 is 0 Å². The molecule has 1 unspecified atom stereocenters. The van der Waals surface area contributed by atoms with E-state index in [-0.39, 0.29) is 24.9 Å². The largest absolute Gasteiger partial charge is 0.451 e. The molecule has 1 saturated carbocycles. The number of alkyl halides is 3. The van der Waals surface area contributed by atoms with Crippen LogP contribution in [0.3, 0.4) is 0 Å². The van der Waals surface area contributed by atoms with Crippen LogP contribution in [0.1, 0.15) is 37.3 Å². The van der Waals surface area contributed by atoms with Crippen molar-refractivity contribution >= 4 is 5.78 Å². The number of hydrogen-bond donors (Lipinski definition) is 0. The molecule has 1 aliphatic carbocycles. The van der Waals surface area contributed by atoms with Crippen molar-refractivity contribution in [2.24, 2.45) is 0 Å². The minimum absolute atomic E-state index is 0.163. The van der Waals surface area contributed by atoms with Crippen molar-refractivity contribution in [3.63, 3.8) is 0 Å². The summed E-state index contributed by atoms with van der Waals surface area (Å²) < 4.78 is 39.3. The highest BCUT2D eigenvalue weighted by Gasteiger charge is 2.40. The molecule has 8 heteroatoms. The van der Waals surface area contributed by atoms with E-state index in [2.05, 4.69) is 10.2 Å². The standard InChI is InChI=1S/C12H15F3N4O/c13-12(14,15)11-17-16-10-7-18(5-6-19(10)11)8-3-1-2-4-9(8)20/h8H,1-7H2. The second-order valence-electron chi connectivity index (χ2n) is 5.29. The van der Waals surface area contributed by atoms with Crippen molar-refractivity contribution in [1.29, 1.82) is 0 Å². The van der Waals surface area contributed by atoms with Gasteiger partial charge in [0.25, 0.3) is 0 Å². The number of carbonyl (C=O) groups is 1. The van der Waals surface area contributed by atoms with Gasteiger partial charge in [-0.1, -0.05) is 6.42 Å². The van der Waals surface area contributed by atoms with Crippen molar-refractivity contribution in [3.05, 3.63) is 11.6 Å². The molecule has 2 aliphatic rings. The first kappa shape index (κ1) is 13.5. The van der Waals surface area contributed by atoms with E-state index in [9.17, 15) is 18.0 Å². The zero-order valence-electron chi connectivity index (χ0n) is 10.9. The fourth-order valence-electron chi connectivity index (χ4n) is 3.00. The lowest BCUT2D eigenvalue weighted by Gasteiger charge is -2.35. The normalized spacial score (nSPS) is 24.8. The molecule has 5 nitrogen and oxygen atoms in total. The zero-order valence-corrected chi connectivity index (χ0v) is 10.9. The number of aromatic nitrogens is 3. The summed E-state index contributed by atoms with van der Waals surface area (Å²) in [6.45, 7) is 0.880. The van der Waals surface area contributed by atoms with Crippen molar-refractivity contribution in [1.82, 2.24) is 19.7 Å². The predicted molar refractivity (Wildman–Crippen MR) is 62.7 cm³/mol. The average molecular weight is 288 g/mol. The molecule has 0 aromatic carbocycles. The fourth-order valence-corrected chi connectivity index (χ4v) is 3.00. The van der Waals surface area contributed by atoms with Gasteiger partial charge in [0.1, 0.15) is 11.6 Å². The maximum atomic E-state index is 12.7. The lowest BCUT2D eigenvalue weighted by Crippen LogP contribution is -2.47. The van der Waals surface area contributed by atoms with E-state index in [1.54, 1.807) is 0 Å². The van der Waals surface area contributed by atoms with Gasteiger partial charge in [-0.05, 0) is 12.8 Å². The van der Waals surface area contributed by atoms with Crippen molar-refractivity contribution in [2.75, 3.05) is 6.54 Å². The third-order valence-corrected chi connectivity index (χ3v) is 4.00. The summed E-state index contributed by atoms with van der Waals surface area (Å²) >= 11 is 0. The molecule has 1 aliphatic heterocycles. The summed E-state index contributed by atoms with van der Waals surface area (Å²) in [6, 6.07) is -0.163. The Bertz CT molecular complexity index is 525. The van der Waals surface area contributed by atoms with Gasteiger partial charge in [0.15, 0.2) is 0 Å². The van der Waals surface area contributed by atoms with Crippen LogP contribution in [-0.2, 0) is 24.1 Å². The predicted octanol–water partition coefficient (Wildman–Crippen LogP) is 1.62. The van der Waals surface area contributed by atoms with Crippen LogP contribution in [0.15, 0.2) is 0 Å². The summed E-state index contributed by atoms with van der Waals surface area (Å²) in [5, 5.41) is 6.88. The first-order chi connectivity index (χ1) is 9.47.